The topological polar surface area (TPSA) is 55.6 Å². The third-order valence-electron chi connectivity index (χ3n) is 3.23. The molecule has 2 N–H and O–H groups in total. The van der Waals surface area contributed by atoms with E-state index in [1.165, 1.54) is 11.1 Å². The van der Waals surface area contributed by atoms with Crippen LogP contribution in [0, 0.1) is 13.8 Å². The number of carbonyl (C=O) groups is 1. The molecule has 1 aromatic carbocycles. The van der Waals surface area contributed by atoms with Crippen LogP contribution in [0.1, 0.15) is 23.1 Å². The van der Waals surface area contributed by atoms with E-state index in [2.05, 4.69) is 32.0 Å². The molecule has 0 radical (unpaired) electrons. The summed E-state index contributed by atoms with van der Waals surface area (Å²) < 4.78 is 4.94. The van der Waals surface area contributed by atoms with Gasteiger partial charge >= 0.3 is 0 Å². The standard InChI is InChI=1S/C15H24N2O2/c1-11-5-6-13(12(2)9-11)10-17(3)15(18)14(16)7-8-19-4/h5-6,9,14H,7-8,10,16H2,1-4H3. The molecule has 0 bridgehead atoms. The fourth-order valence-electron chi connectivity index (χ4n) is 2.01. The number of amides is 1. The van der Waals surface area contributed by atoms with Gasteiger partial charge in [0.2, 0.25) is 5.91 Å². The minimum Gasteiger partial charge on any atom is -0.385 e. The molecule has 106 valence electrons. The van der Waals surface area contributed by atoms with E-state index in [9.17, 15) is 4.79 Å². The van der Waals surface area contributed by atoms with Gasteiger partial charge in [-0.05, 0) is 31.4 Å². The quantitative estimate of drug-likeness (QED) is 0.849. The maximum atomic E-state index is 12.1. The molecule has 4 nitrogen and oxygen atoms in total. The Morgan fingerprint density at radius 1 is 1.42 bits per heavy atom. The van der Waals surface area contributed by atoms with Gasteiger partial charge in [-0.3, -0.25) is 4.79 Å². The molecule has 0 saturated heterocycles. The molecule has 1 aromatic rings. The molecule has 0 aromatic heterocycles. The first-order chi connectivity index (χ1) is 8.95. The number of hydrogen-bond acceptors (Lipinski definition) is 3. The number of ether oxygens (including phenoxy) is 1. The molecule has 1 amide bonds. The highest BCUT2D eigenvalue weighted by molar-refractivity contribution is 5.81. The monoisotopic (exact) mass is 264 g/mol. The number of likely N-dealkylation sites (N-methyl/N-ethyl adjacent to an activating group) is 1. The molecular weight excluding hydrogens is 240 g/mol. The number of benzene rings is 1. The van der Waals surface area contributed by atoms with Crippen molar-refractivity contribution in [3.63, 3.8) is 0 Å². The average Bonchev–Trinajstić information content (AvgIpc) is 2.38. The van der Waals surface area contributed by atoms with Gasteiger partial charge in [0, 0.05) is 27.3 Å². The van der Waals surface area contributed by atoms with Crippen LogP contribution in [-0.4, -0.2) is 37.6 Å². The van der Waals surface area contributed by atoms with Gasteiger partial charge < -0.3 is 15.4 Å². The Bertz CT molecular complexity index is 432. The Kier molecular flexibility index (Phi) is 5.99. The van der Waals surface area contributed by atoms with E-state index in [-0.39, 0.29) is 5.91 Å². The first-order valence-corrected chi connectivity index (χ1v) is 6.51. The number of nitrogens with zero attached hydrogens (tertiary/aromatic N) is 1. The molecule has 0 heterocycles. The van der Waals surface area contributed by atoms with E-state index in [0.29, 0.717) is 19.6 Å². The van der Waals surface area contributed by atoms with E-state index in [4.69, 9.17) is 10.5 Å². The molecule has 19 heavy (non-hydrogen) atoms. The highest BCUT2D eigenvalue weighted by Gasteiger charge is 2.18. The van der Waals surface area contributed by atoms with Crippen LogP contribution in [0.5, 0.6) is 0 Å². The smallest absolute Gasteiger partial charge is 0.239 e. The van der Waals surface area contributed by atoms with Gasteiger partial charge in [0.1, 0.15) is 0 Å². The summed E-state index contributed by atoms with van der Waals surface area (Å²) in [4.78, 5) is 13.8. The Hall–Kier alpha value is -1.39. The van der Waals surface area contributed by atoms with E-state index in [1.54, 1.807) is 19.1 Å². The summed E-state index contributed by atoms with van der Waals surface area (Å²) in [5.74, 6) is -0.0444. The summed E-state index contributed by atoms with van der Waals surface area (Å²) in [6.45, 7) is 5.22. The summed E-state index contributed by atoms with van der Waals surface area (Å²) in [6, 6.07) is 5.76. The highest BCUT2D eigenvalue weighted by Crippen LogP contribution is 2.13. The summed E-state index contributed by atoms with van der Waals surface area (Å²) in [5, 5.41) is 0. The molecule has 0 fully saturated rings. The van der Waals surface area contributed by atoms with Crippen molar-refractivity contribution >= 4 is 5.91 Å². The Balaban J connectivity index is 2.63. The van der Waals surface area contributed by atoms with Crippen LogP contribution in [0.15, 0.2) is 18.2 Å². The van der Waals surface area contributed by atoms with Crippen LogP contribution in [0.3, 0.4) is 0 Å². The lowest BCUT2D eigenvalue weighted by molar-refractivity contribution is -0.132. The van der Waals surface area contributed by atoms with Gasteiger partial charge in [-0.2, -0.15) is 0 Å². The maximum absolute atomic E-state index is 12.1. The van der Waals surface area contributed by atoms with Gasteiger partial charge in [0.15, 0.2) is 0 Å². The molecule has 0 aliphatic rings. The van der Waals surface area contributed by atoms with Crippen molar-refractivity contribution in [2.75, 3.05) is 20.8 Å². The first kappa shape index (κ1) is 15.7. The van der Waals surface area contributed by atoms with Crippen LogP contribution in [0.4, 0.5) is 0 Å². The fraction of sp³-hybridized carbons (Fsp3) is 0.533. The Labute approximate surface area is 115 Å². The van der Waals surface area contributed by atoms with Gasteiger partial charge in [-0.25, -0.2) is 0 Å². The zero-order chi connectivity index (χ0) is 14.4. The predicted octanol–water partition coefficient (Wildman–Crippen LogP) is 1.63. The van der Waals surface area contributed by atoms with Gasteiger partial charge in [-0.1, -0.05) is 23.8 Å². The number of rotatable bonds is 6. The lowest BCUT2D eigenvalue weighted by Gasteiger charge is -2.22. The van der Waals surface area contributed by atoms with Crippen molar-refractivity contribution < 1.29 is 9.53 Å². The third kappa shape index (κ3) is 4.65. The van der Waals surface area contributed by atoms with Crippen LogP contribution in [0.25, 0.3) is 0 Å². The van der Waals surface area contributed by atoms with Crippen LogP contribution < -0.4 is 5.73 Å². The van der Waals surface area contributed by atoms with Crippen molar-refractivity contribution in [1.82, 2.24) is 4.90 Å². The summed E-state index contributed by atoms with van der Waals surface area (Å²) in [7, 11) is 3.39. The van der Waals surface area contributed by atoms with E-state index < -0.39 is 6.04 Å². The third-order valence-corrected chi connectivity index (χ3v) is 3.23. The lowest BCUT2D eigenvalue weighted by atomic mass is 10.1. The predicted molar refractivity (Wildman–Crippen MR) is 76.9 cm³/mol. The number of aryl methyl sites for hydroxylation is 2. The minimum atomic E-state index is -0.490. The number of nitrogens with two attached hydrogens (primary N) is 1. The van der Waals surface area contributed by atoms with Crippen molar-refractivity contribution in [2.24, 2.45) is 5.73 Å². The average molecular weight is 264 g/mol. The second kappa shape index (κ2) is 7.26. The molecule has 0 aliphatic carbocycles. The SMILES string of the molecule is COCCC(N)C(=O)N(C)Cc1ccc(C)cc1C. The first-order valence-electron chi connectivity index (χ1n) is 6.51. The molecule has 0 saturated carbocycles. The maximum Gasteiger partial charge on any atom is 0.239 e. The van der Waals surface area contributed by atoms with Crippen molar-refractivity contribution in [1.29, 1.82) is 0 Å². The van der Waals surface area contributed by atoms with E-state index >= 15 is 0 Å². The molecular formula is C15H24N2O2. The molecule has 0 spiro atoms. The second-order valence-electron chi connectivity index (χ2n) is 5.01. The molecule has 4 heteroatoms. The van der Waals surface area contributed by atoms with E-state index in [0.717, 1.165) is 5.56 Å². The highest BCUT2D eigenvalue weighted by atomic mass is 16.5. The number of carbonyl (C=O) groups excluding carboxylic acids is 1. The van der Waals surface area contributed by atoms with Crippen LogP contribution in [-0.2, 0) is 16.1 Å². The van der Waals surface area contributed by atoms with Crippen molar-refractivity contribution in [3.8, 4) is 0 Å². The fourth-order valence-corrected chi connectivity index (χ4v) is 2.01. The van der Waals surface area contributed by atoms with E-state index in [1.807, 2.05) is 0 Å². The van der Waals surface area contributed by atoms with Gasteiger partial charge in [0.25, 0.3) is 0 Å². The van der Waals surface area contributed by atoms with Gasteiger partial charge in [-0.15, -0.1) is 0 Å². The zero-order valence-electron chi connectivity index (χ0n) is 12.3. The molecule has 1 atom stereocenters. The van der Waals surface area contributed by atoms with Crippen LogP contribution >= 0.6 is 0 Å². The van der Waals surface area contributed by atoms with Gasteiger partial charge in [0.05, 0.1) is 6.04 Å². The largest absolute Gasteiger partial charge is 0.385 e. The van der Waals surface area contributed by atoms with Crippen LogP contribution in [0.2, 0.25) is 0 Å². The number of methoxy groups -OCH3 is 1. The molecule has 1 unspecified atom stereocenters. The normalized spacial score (nSPS) is 12.3. The number of hydrogen-bond donors (Lipinski definition) is 1. The molecule has 0 aliphatic heterocycles. The van der Waals surface area contributed by atoms with Crippen molar-refractivity contribution in [2.45, 2.75) is 32.9 Å². The minimum absolute atomic E-state index is 0.0444. The lowest BCUT2D eigenvalue weighted by Crippen LogP contribution is -2.42. The summed E-state index contributed by atoms with van der Waals surface area (Å²) in [6.07, 6.45) is 0.548. The Morgan fingerprint density at radius 3 is 2.68 bits per heavy atom. The zero-order valence-corrected chi connectivity index (χ0v) is 12.3. The molecule has 1 rings (SSSR count). The van der Waals surface area contributed by atoms with Crippen molar-refractivity contribution in [3.05, 3.63) is 34.9 Å². The summed E-state index contributed by atoms with van der Waals surface area (Å²) >= 11 is 0. The Morgan fingerprint density at radius 2 is 2.11 bits per heavy atom. The summed E-state index contributed by atoms with van der Waals surface area (Å²) in [5.41, 5.74) is 9.43. The second-order valence-corrected chi connectivity index (χ2v) is 5.01.